The Hall–Kier alpha value is -3.12. The molecule has 0 amide bonds. The molecular weight excluding hydrogens is 326 g/mol. The number of anilines is 1. The van der Waals surface area contributed by atoms with Crippen LogP contribution in [-0.4, -0.2) is 29.2 Å². The monoisotopic (exact) mass is 346 g/mol. The fourth-order valence-electron chi connectivity index (χ4n) is 3.21. The van der Waals surface area contributed by atoms with Crippen molar-refractivity contribution in [3.05, 3.63) is 54.1 Å². The number of fused-ring (bicyclic) bond motifs is 2. The van der Waals surface area contributed by atoms with Gasteiger partial charge in [0, 0.05) is 30.6 Å². The second-order valence-electron chi connectivity index (χ2n) is 6.19. The van der Waals surface area contributed by atoms with Crippen LogP contribution in [0.2, 0.25) is 0 Å². The molecule has 0 fully saturated rings. The first-order valence-electron chi connectivity index (χ1n) is 8.45. The first-order chi connectivity index (χ1) is 12.6. The van der Waals surface area contributed by atoms with Crippen molar-refractivity contribution >= 4 is 27.5 Å². The predicted octanol–water partition coefficient (Wildman–Crippen LogP) is 3.44. The van der Waals surface area contributed by atoms with Gasteiger partial charge in [-0.05, 0) is 23.9 Å². The summed E-state index contributed by atoms with van der Waals surface area (Å²) in [6.07, 6.45) is 0. The molecule has 0 aliphatic carbocycles. The van der Waals surface area contributed by atoms with Gasteiger partial charge in [-0.3, -0.25) is 0 Å². The van der Waals surface area contributed by atoms with E-state index in [1.807, 2.05) is 44.3 Å². The van der Waals surface area contributed by atoms with Gasteiger partial charge < -0.3 is 15.8 Å². The molecule has 6 nitrogen and oxygen atoms in total. The molecule has 4 rings (SSSR count). The Morgan fingerprint density at radius 3 is 2.62 bits per heavy atom. The van der Waals surface area contributed by atoms with Crippen LogP contribution in [0.1, 0.15) is 18.5 Å². The molecule has 3 aromatic carbocycles. The number of ether oxygens (including phenoxy) is 1. The van der Waals surface area contributed by atoms with Gasteiger partial charge in [-0.25, -0.2) is 0 Å². The number of nitrogens with one attached hydrogen (secondary N) is 1. The molecule has 0 aliphatic rings. The van der Waals surface area contributed by atoms with Crippen LogP contribution in [0.4, 0.5) is 5.69 Å². The van der Waals surface area contributed by atoms with Crippen LogP contribution in [0.25, 0.3) is 27.5 Å². The summed E-state index contributed by atoms with van der Waals surface area (Å²) in [7, 11) is 3.45. The number of hydrogen-bond donors (Lipinski definition) is 2. The second kappa shape index (κ2) is 6.31. The first kappa shape index (κ1) is 16.4. The van der Waals surface area contributed by atoms with Gasteiger partial charge in [0.05, 0.1) is 18.5 Å². The summed E-state index contributed by atoms with van der Waals surface area (Å²) >= 11 is 0. The van der Waals surface area contributed by atoms with Crippen LogP contribution in [0.5, 0.6) is 5.75 Å². The predicted molar refractivity (Wildman–Crippen MR) is 104 cm³/mol. The summed E-state index contributed by atoms with van der Waals surface area (Å²) in [4.78, 5) is 1.65. The maximum absolute atomic E-state index is 6.13. The maximum atomic E-state index is 6.13. The minimum Gasteiger partial charge on any atom is -0.494 e. The second-order valence-corrected chi connectivity index (χ2v) is 6.19. The molecule has 1 atom stereocenters. The minimum atomic E-state index is -0.0469. The summed E-state index contributed by atoms with van der Waals surface area (Å²) < 4.78 is 5.39. The fourth-order valence-corrected chi connectivity index (χ4v) is 3.21. The van der Waals surface area contributed by atoms with Gasteiger partial charge in [-0.15, -0.1) is 15.0 Å². The van der Waals surface area contributed by atoms with Crippen LogP contribution in [-0.2, 0) is 0 Å². The first-order valence-corrected chi connectivity index (χ1v) is 8.45. The maximum Gasteiger partial charge on any atom is 0.144 e. The Bertz CT molecular complexity index is 1060. The van der Waals surface area contributed by atoms with E-state index in [0.717, 1.165) is 33.2 Å². The molecular formula is C20H20N5O. The van der Waals surface area contributed by atoms with Gasteiger partial charge in [0.25, 0.3) is 0 Å². The number of aromatic nitrogens is 3. The fraction of sp³-hybridized carbons (Fsp3) is 0.200. The van der Waals surface area contributed by atoms with Crippen LogP contribution in [0.15, 0.2) is 42.5 Å². The van der Waals surface area contributed by atoms with E-state index < -0.39 is 0 Å². The lowest BCUT2D eigenvalue weighted by Crippen LogP contribution is -2.07. The molecule has 1 heterocycles. The van der Waals surface area contributed by atoms with Gasteiger partial charge in [0.1, 0.15) is 16.8 Å². The Labute approximate surface area is 151 Å². The van der Waals surface area contributed by atoms with E-state index in [-0.39, 0.29) is 6.04 Å². The molecule has 131 valence electrons. The average molecular weight is 346 g/mol. The highest BCUT2D eigenvalue weighted by Crippen LogP contribution is 2.31. The van der Waals surface area contributed by atoms with Crippen LogP contribution in [0, 0.1) is 6.07 Å². The van der Waals surface area contributed by atoms with Crippen molar-refractivity contribution in [1.82, 2.24) is 15.0 Å². The Kier molecular flexibility index (Phi) is 3.97. The zero-order valence-corrected chi connectivity index (χ0v) is 14.9. The Morgan fingerprint density at radius 2 is 1.92 bits per heavy atom. The van der Waals surface area contributed by atoms with Gasteiger partial charge in [-0.1, -0.05) is 30.3 Å². The number of methoxy groups -OCH3 is 1. The molecule has 0 saturated heterocycles. The largest absolute Gasteiger partial charge is 0.494 e. The van der Waals surface area contributed by atoms with E-state index >= 15 is 0 Å². The number of hydrogen-bond acceptors (Lipinski definition) is 5. The number of rotatable bonds is 4. The standard InChI is InChI=1S/C20H20N5O/c1-12(21)13-8-9-19(15-7-5-4-6-14(13)15)25-23-16-10-18(22-2)20(26-3)11-17(16)24-25/h4-9,11-12,22H,21H2,1-3H3/t12-/m0/s1. The molecule has 1 aromatic heterocycles. The Morgan fingerprint density at radius 1 is 1.15 bits per heavy atom. The van der Waals surface area contributed by atoms with E-state index in [9.17, 15) is 0 Å². The third-order valence-electron chi connectivity index (χ3n) is 4.51. The van der Waals surface area contributed by atoms with Gasteiger partial charge in [-0.2, -0.15) is 0 Å². The zero-order chi connectivity index (χ0) is 18.3. The third kappa shape index (κ3) is 2.55. The van der Waals surface area contributed by atoms with Crippen molar-refractivity contribution in [2.75, 3.05) is 19.5 Å². The molecule has 0 spiro atoms. The highest BCUT2D eigenvalue weighted by Gasteiger charge is 2.14. The van der Waals surface area contributed by atoms with Crippen molar-refractivity contribution in [2.24, 2.45) is 5.73 Å². The third-order valence-corrected chi connectivity index (χ3v) is 4.51. The van der Waals surface area contributed by atoms with Gasteiger partial charge in [0.15, 0.2) is 0 Å². The van der Waals surface area contributed by atoms with Crippen molar-refractivity contribution in [3.8, 4) is 11.4 Å². The molecule has 0 saturated carbocycles. The SMILES string of the molecule is CNc1[c]c2nn(-c3ccc([C@H](C)N)c4ccccc34)nc2cc1OC. The van der Waals surface area contributed by atoms with E-state index in [1.165, 1.54) is 0 Å². The topological polar surface area (TPSA) is 78.0 Å². The molecule has 0 bridgehead atoms. The van der Waals surface area contributed by atoms with Gasteiger partial charge in [0.2, 0.25) is 0 Å². The summed E-state index contributed by atoms with van der Waals surface area (Å²) in [6.45, 7) is 1.99. The van der Waals surface area contributed by atoms with Crippen LogP contribution >= 0.6 is 0 Å². The average Bonchev–Trinajstić information content (AvgIpc) is 3.08. The van der Waals surface area contributed by atoms with E-state index in [1.54, 1.807) is 11.9 Å². The lowest BCUT2D eigenvalue weighted by molar-refractivity contribution is 0.417. The summed E-state index contributed by atoms with van der Waals surface area (Å²) in [5, 5.41) is 14.5. The van der Waals surface area contributed by atoms with Crippen LogP contribution in [0.3, 0.4) is 0 Å². The molecule has 1 radical (unpaired) electrons. The minimum absolute atomic E-state index is 0.0469. The summed E-state index contributed by atoms with van der Waals surface area (Å²) in [6, 6.07) is 17.2. The highest BCUT2D eigenvalue weighted by molar-refractivity contribution is 5.93. The van der Waals surface area contributed by atoms with Crippen molar-refractivity contribution in [1.29, 1.82) is 0 Å². The van der Waals surface area contributed by atoms with Crippen LogP contribution < -0.4 is 15.8 Å². The molecule has 0 unspecified atom stereocenters. The van der Waals surface area contributed by atoms with E-state index in [2.05, 4.69) is 33.7 Å². The van der Waals surface area contributed by atoms with Crippen molar-refractivity contribution in [2.45, 2.75) is 13.0 Å². The zero-order valence-electron chi connectivity index (χ0n) is 14.9. The van der Waals surface area contributed by atoms with Crippen molar-refractivity contribution < 1.29 is 4.74 Å². The summed E-state index contributed by atoms with van der Waals surface area (Å²) in [5.74, 6) is 0.684. The Balaban J connectivity index is 1.94. The smallest absolute Gasteiger partial charge is 0.144 e. The molecule has 26 heavy (non-hydrogen) atoms. The lowest BCUT2D eigenvalue weighted by atomic mass is 9.99. The van der Waals surface area contributed by atoms with Crippen molar-refractivity contribution in [3.63, 3.8) is 0 Å². The number of nitrogens with zero attached hydrogens (tertiary/aromatic N) is 3. The number of benzene rings is 3. The molecule has 6 heteroatoms. The lowest BCUT2D eigenvalue weighted by Gasteiger charge is -2.12. The normalized spacial score (nSPS) is 12.5. The van der Waals surface area contributed by atoms with E-state index in [0.29, 0.717) is 11.3 Å². The van der Waals surface area contributed by atoms with Gasteiger partial charge >= 0.3 is 0 Å². The quantitative estimate of drug-likeness (QED) is 0.592. The number of nitrogens with two attached hydrogens (primary N) is 1. The molecule has 4 aromatic rings. The highest BCUT2D eigenvalue weighted by atomic mass is 16.5. The summed E-state index contributed by atoms with van der Waals surface area (Å²) in [5.41, 5.74) is 10.3. The molecule has 3 N–H and O–H groups in total. The van der Waals surface area contributed by atoms with E-state index in [4.69, 9.17) is 10.5 Å². The molecule has 0 aliphatic heterocycles.